The lowest BCUT2D eigenvalue weighted by atomic mass is 10.1. The molecule has 5 heteroatoms. The molecule has 0 aliphatic carbocycles. The molecule has 0 aromatic heterocycles. The Balaban J connectivity index is 3.60. The first kappa shape index (κ1) is 35.6. The SMILES string of the molecule is CCCCC/C=C\CCCCCCCC(=O)O[C@@H](CO)COC(=O)CCCCCCCCCCCCC. The van der Waals surface area contributed by atoms with E-state index in [1.807, 2.05) is 0 Å². The highest BCUT2D eigenvalue weighted by molar-refractivity contribution is 5.70. The average molecular weight is 525 g/mol. The van der Waals surface area contributed by atoms with Gasteiger partial charge in [-0.1, -0.05) is 122 Å². The van der Waals surface area contributed by atoms with E-state index in [0.29, 0.717) is 12.8 Å². The Hall–Kier alpha value is -1.36. The van der Waals surface area contributed by atoms with Crippen LogP contribution < -0.4 is 0 Å². The molecule has 0 bridgehead atoms. The Labute approximate surface area is 229 Å². The molecule has 0 saturated carbocycles. The molecule has 0 unspecified atom stereocenters. The van der Waals surface area contributed by atoms with E-state index in [1.54, 1.807) is 0 Å². The van der Waals surface area contributed by atoms with Crippen molar-refractivity contribution in [3.63, 3.8) is 0 Å². The van der Waals surface area contributed by atoms with Crippen LogP contribution in [0.5, 0.6) is 0 Å². The first-order valence-electron chi connectivity index (χ1n) is 15.7. The monoisotopic (exact) mass is 524 g/mol. The van der Waals surface area contributed by atoms with E-state index in [4.69, 9.17) is 9.47 Å². The van der Waals surface area contributed by atoms with Crippen LogP contribution in [-0.2, 0) is 19.1 Å². The maximum absolute atomic E-state index is 12.0. The Bertz CT molecular complexity index is 531. The van der Waals surface area contributed by atoms with Crippen molar-refractivity contribution in [2.24, 2.45) is 0 Å². The molecule has 0 aromatic carbocycles. The molecule has 0 spiro atoms. The lowest BCUT2D eigenvalue weighted by Crippen LogP contribution is -2.28. The van der Waals surface area contributed by atoms with Crippen LogP contribution >= 0.6 is 0 Å². The number of rotatable bonds is 28. The highest BCUT2D eigenvalue weighted by Crippen LogP contribution is 2.13. The van der Waals surface area contributed by atoms with Crippen molar-refractivity contribution in [2.75, 3.05) is 13.2 Å². The number of unbranched alkanes of at least 4 members (excludes halogenated alkanes) is 18. The van der Waals surface area contributed by atoms with Crippen molar-refractivity contribution in [1.29, 1.82) is 0 Å². The molecule has 0 aliphatic heterocycles. The van der Waals surface area contributed by atoms with Gasteiger partial charge in [-0.15, -0.1) is 0 Å². The van der Waals surface area contributed by atoms with Crippen molar-refractivity contribution >= 4 is 11.9 Å². The van der Waals surface area contributed by atoms with E-state index < -0.39 is 6.10 Å². The lowest BCUT2D eigenvalue weighted by molar-refractivity contribution is -0.161. The predicted molar refractivity (Wildman–Crippen MR) is 155 cm³/mol. The summed E-state index contributed by atoms with van der Waals surface area (Å²) >= 11 is 0. The molecular formula is C32H60O5. The van der Waals surface area contributed by atoms with Crippen LogP contribution in [0.2, 0.25) is 0 Å². The van der Waals surface area contributed by atoms with Gasteiger partial charge in [-0.3, -0.25) is 9.59 Å². The van der Waals surface area contributed by atoms with Crippen LogP contribution in [-0.4, -0.2) is 36.4 Å². The fourth-order valence-corrected chi connectivity index (χ4v) is 4.37. The van der Waals surface area contributed by atoms with Gasteiger partial charge in [0.15, 0.2) is 6.10 Å². The van der Waals surface area contributed by atoms with Gasteiger partial charge in [0.05, 0.1) is 6.61 Å². The number of esters is 2. The first-order chi connectivity index (χ1) is 18.1. The van der Waals surface area contributed by atoms with E-state index >= 15 is 0 Å². The van der Waals surface area contributed by atoms with Crippen LogP contribution in [0.4, 0.5) is 0 Å². The van der Waals surface area contributed by atoms with E-state index in [-0.39, 0.29) is 25.2 Å². The smallest absolute Gasteiger partial charge is 0.306 e. The van der Waals surface area contributed by atoms with Gasteiger partial charge in [-0.25, -0.2) is 0 Å². The fourth-order valence-electron chi connectivity index (χ4n) is 4.37. The summed E-state index contributed by atoms with van der Waals surface area (Å²) in [7, 11) is 0. The number of allylic oxidation sites excluding steroid dienone is 2. The van der Waals surface area contributed by atoms with Crippen molar-refractivity contribution < 1.29 is 24.2 Å². The molecule has 0 aliphatic rings. The Morgan fingerprint density at radius 2 is 1.00 bits per heavy atom. The summed E-state index contributed by atoms with van der Waals surface area (Å²) in [5.41, 5.74) is 0. The second-order valence-corrected chi connectivity index (χ2v) is 10.5. The van der Waals surface area contributed by atoms with Crippen LogP contribution in [0.25, 0.3) is 0 Å². The topological polar surface area (TPSA) is 72.8 Å². The van der Waals surface area contributed by atoms with Crippen LogP contribution in [0.1, 0.15) is 162 Å². The third kappa shape index (κ3) is 27.5. The maximum atomic E-state index is 12.0. The standard InChI is InChI=1S/C32H60O5/c1-3-5-7-9-11-13-15-17-19-21-23-25-27-32(35)37-30(28-33)29-36-31(34)26-24-22-20-18-16-14-12-10-8-6-4-2/h11,13,30,33H,3-10,12,14-29H2,1-2H3/b13-11-/t30-/m0/s1. The number of hydrogen-bond acceptors (Lipinski definition) is 5. The van der Waals surface area contributed by atoms with Crippen molar-refractivity contribution in [2.45, 2.75) is 168 Å². The highest BCUT2D eigenvalue weighted by atomic mass is 16.6. The molecule has 0 fully saturated rings. The molecule has 0 heterocycles. The number of aliphatic hydroxyl groups excluding tert-OH is 1. The molecular weight excluding hydrogens is 464 g/mol. The molecule has 0 rings (SSSR count). The average Bonchev–Trinajstić information content (AvgIpc) is 2.90. The fraction of sp³-hybridized carbons (Fsp3) is 0.875. The van der Waals surface area contributed by atoms with Crippen molar-refractivity contribution in [3.8, 4) is 0 Å². The Morgan fingerprint density at radius 3 is 1.51 bits per heavy atom. The molecule has 1 N–H and O–H groups in total. The second-order valence-electron chi connectivity index (χ2n) is 10.5. The van der Waals surface area contributed by atoms with Crippen LogP contribution in [0, 0.1) is 0 Å². The number of hydrogen-bond donors (Lipinski definition) is 1. The van der Waals surface area contributed by atoms with E-state index in [9.17, 15) is 14.7 Å². The molecule has 0 radical (unpaired) electrons. The third-order valence-corrected chi connectivity index (χ3v) is 6.81. The Morgan fingerprint density at radius 1 is 0.595 bits per heavy atom. The van der Waals surface area contributed by atoms with Gasteiger partial charge in [0.1, 0.15) is 6.61 Å². The van der Waals surface area contributed by atoms with Gasteiger partial charge in [-0.05, 0) is 38.5 Å². The zero-order valence-electron chi connectivity index (χ0n) is 24.5. The van der Waals surface area contributed by atoms with E-state index in [0.717, 1.165) is 44.9 Å². The van der Waals surface area contributed by atoms with Gasteiger partial charge in [-0.2, -0.15) is 0 Å². The minimum atomic E-state index is -0.766. The molecule has 0 amide bonds. The Kier molecular flexibility index (Phi) is 28.1. The van der Waals surface area contributed by atoms with E-state index in [1.165, 1.54) is 89.9 Å². The molecule has 37 heavy (non-hydrogen) atoms. The van der Waals surface area contributed by atoms with Gasteiger partial charge in [0.25, 0.3) is 0 Å². The van der Waals surface area contributed by atoms with Gasteiger partial charge in [0, 0.05) is 12.8 Å². The molecule has 1 atom stereocenters. The van der Waals surface area contributed by atoms with Gasteiger partial charge >= 0.3 is 11.9 Å². The first-order valence-corrected chi connectivity index (χ1v) is 15.7. The second kappa shape index (κ2) is 29.2. The number of carbonyl (C=O) groups is 2. The summed E-state index contributed by atoms with van der Waals surface area (Å²) < 4.78 is 10.5. The summed E-state index contributed by atoms with van der Waals surface area (Å²) in [6.07, 6.45) is 29.7. The molecule has 0 saturated heterocycles. The lowest BCUT2D eigenvalue weighted by Gasteiger charge is -2.15. The summed E-state index contributed by atoms with van der Waals surface area (Å²) in [4.78, 5) is 24.0. The quantitative estimate of drug-likeness (QED) is 0.0628. The van der Waals surface area contributed by atoms with Crippen molar-refractivity contribution in [3.05, 3.63) is 12.2 Å². The van der Waals surface area contributed by atoms with Crippen LogP contribution in [0.15, 0.2) is 12.2 Å². The van der Waals surface area contributed by atoms with Crippen molar-refractivity contribution in [1.82, 2.24) is 0 Å². The number of aliphatic hydroxyl groups is 1. The summed E-state index contributed by atoms with van der Waals surface area (Å²) in [5, 5.41) is 9.46. The molecule has 5 nitrogen and oxygen atoms in total. The minimum Gasteiger partial charge on any atom is -0.462 e. The largest absolute Gasteiger partial charge is 0.462 e. The molecule has 218 valence electrons. The van der Waals surface area contributed by atoms with Crippen LogP contribution in [0.3, 0.4) is 0 Å². The summed E-state index contributed by atoms with van der Waals surface area (Å²) in [5.74, 6) is -0.600. The minimum absolute atomic E-state index is 0.0644. The normalized spacial score (nSPS) is 12.2. The zero-order valence-corrected chi connectivity index (χ0v) is 24.5. The summed E-state index contributed by atoms with van der Waals surface area (Å²) in [6, 6.07) is 0. The number of carbonyl (C=O) groups excluding carboxylic acids is 2. The van der Waals surface area contributed by atoms with Gasteiger partial charge < -0.3 is 14.6 Å². The highest BCUT2D eigenvalue weighted by Gasteiger charge is 2.16. The predicted octanol–water partition coefficient (Wildman–Crippen LogP) is 9.00. The third-order valence-electron chi connectivity index (χ3n) is 6.81. The number of ether oxygens (including phenoxy) is 2. The van der Waals surface area contributed by atoms with Gasteiger partial charge in [0.2, 0.25) is 0 Å². The maximum Gasteiger partial charge on any atom is 0.306 e. The summed E-state index contributed by atoms with van der Waals surface area (Å²) in [6.45, 7) is 4.08. The van der Waals surface area contributed by atoms with E-state index in [2.05, 4.69) is 26.0 Å². The zero-order chi connectivity index (χ0) is 27.2. The molecule has 0 aromatic rings.